The quantitative estimate of drug-likeness (QED) is 0.787. The van der Waals surface area contributed by atoms with Crippen LogP contribution in [0.5, 0.6) is 0 Å². The number of rotatable bonds is 4. The van der Waals surface area contributed by atoms with Gasteiger partial charge in [0.1, 0.15) is 5.82 Å². The molecule has 0 unspecified atom stereocenters. The molecule has 0 atom stereocenters. The summed E-state index contributed by atoms with van der Waals surface area (Å²) in [6, 6.07) is 11.7. The molecular formula is C15H15BrN4O. The van der Waals surface area contributed by atoms with E-state index in [1.165, 1.54) is 0 Å². The van der Waals surface area contributed by atoms with E-state index in [2.05, 4.69) is 36.9 Å². The Morgan fingerprint density at radius 2 is 2.05 bits per heavy atom. The number of carbonyl (C=O) groups excluding carboxylic acids is 1. The van der Waals surface area contributed by atoms with Crippen molar-refractivity contribution in [3.05, 3.63) is 47.1 Å². The standard InChI is InChI=1S/C15H15BrN4O/c16-10-2-1-3-12(8-10)18-14-7-6-13(9-17-14)20-15(21)19-11-4-5-11/h1-3,6-9,11H,4-5H2,(H,17,18)(H2,19,20,21). The number of hydrogen-bond donors (Lipinski definition) is 3. The number of nitrogens with zero attached hydrogens (tertiary/aromatic N) is 1. The first-order chi connectivity index (χ1) is 10.2. The number of nitrogens with one attached hydrogen (secondary N) is 3. The third-order valence-electron chi connectivity index (χ3n) is 3.03. The molecule has 1 heterocycles. The lowest BCUT2D eigenvalue weighted by Crippen LogP contribution is -2.30. The molecule has 2 amide bonds. The van der Waals surface area contributed by atoms with Gasteiger partial charge in [-0.3, -0.25) is 0 Å². The predicted molar refractivity (Wildman–Crippen MR) is 86.8 cm³/mol. The van der Waals surface area contributed by atoms with E-state index >= 15 is 0 Å². The Morgan fingerprint density at radius 3 is 2.71 bits per heavy atom. The number of pyridine rings is 1. The van der Waals surface area contributed by atoms with E-state index in [1.807, 2.05) is 36.4 Å². The summed E-state index contributed by atoms with van der Waals surface area (Å²) >= 11 is 3.42. The highest BCUT2D eigenvalue weighted by molar-refractivity contribution is 9.10. The SMILES string of the molecule is O=C(Nc1ccc(Nc2cccc(Br)c2)nc1)NC1CC1. The monoisotopic (exact) mass is 346 g/mol. The summed E-state index contributed by atoms with van der Waals surface area (Å²) in [5.74, 6) is 0.723. The predicted octanol–water partition coefficient (Wildman–Crippen LogP) is 3.87. The van der Waals surface area contributed by atoms with Crippen molar-refractivity contribution in [2.75, 3.05) is 10.6 Å². The molecule has 0 saturated heterocycles. The van der Waals surface area contributed by atoms with E-state index in [9.17, 15) is 4.79 Å². The zero-order valence-corrected chi connectivity index (χ0v) is 12.9. The van der Waals surface area contributed by atoms with Crippen LogP contribution in [0.2, 0.25) is 0 Å². The smallest absolute Gasteiger partial charge is 0.319 e. The second kappa shape index (κ2) is 6.13. The molecule has 21 heavy (non-hydrogen) atoms. The molecule has 1 fully saturated rings. The Morgan fingerprint density at radius 1 is 1.19 bits per heavy atom. The van der Waals surface area contributed by atoms with Crippen molar-refractivity contribution in [1.82, 2.24) is 10.3 Å². The topological polar surface area (TPSA) is 66.0 Å². The molecule has 1 aliphatic rings. The van der Waals surface area contributed by atoms with Crippen LogP contribution in [0.15, 0.2) is 47.1 Å². The van der Waals surface area contributed by atoms with Crippen molar-refractivity contribution < 1.29 is 4.79 Å². The van der Waals surface area contributed by atoms with Gasteiger partial charge in [-0.2, -0.15) is 0 Å². The molecule has 3 N–H and O–H groups in total. The minimum atomic E-state index is -0.174. The van der Waals surface area contributed by atoms with E-state index < -0.39 is 0 Å². The fourth-order valence-electron chi connectivity index (χ4n) is 1.84. The Bertz CT molecular complexity index is 640. The van der Waals surface area contributed by atoms with Gasteiger partial charge in [0.05, 0.1) is 11.9 Å². The molecule has 0 aliphatic heterocycles. The molecule has 3 rings (SSSR count). The van der Waals surface area contributed by atoms with Gasteiger partial charge in [0.15, 0.2) is 0 Å². The van der Waals surface area contributed by atoms with Crippen LogP contribution in [-0.4, -0.2) is 17.1 Å². The first-order valence-electron chi connectivity index (χ1n) is 6.75. The first kappa shape index (κ1) is 13.9. The number of aromatic nitrogens is 1. The van der Waals surface area contributed by atoms with Gasteiger partial charge >= 0.3 is 6.03 Å². The third kappa shape index (κ3) is 4.19. The Labute approximate surface area is 131 Å². The summed E-state index contributed by atoms with van der Waals surface area (Å²) in [5.41, 5.74) is 1.62. The number of urea groups is 1. The number of anilines is 3. The van der Waals surface area contributed by atoms with Crippen LogP contribution in [0.25, 0.3) is 0 Å². The van der Waals surface area contributed by atoms with E-state index in [4.69, 9.17) is 0 Å². The van der Waals surface area contributed by atoms with E-state index in [0.717, 1.165) is 28.8 Å². The van der Waals surface area contributed by atoms with Gasteiger partial charge in [-0.25, -0.2) is 9.78 Å². The second-order valence-corrected chi connectivity index (χ2v) is 5.86. The molecule has 2 aromatic rings. The average molecular weight is 347 g/mol. The van der Waals surface area contributed by atoms with Gasteiger partial charge in [-0.05, 0) is 43.2 Å². The van der Waals surface area contributed by atoms with Gasteiger partial charge in [0.2, 0.25) is 0 Å². The molecular weight excluding hydrogens is 332 g/mol. The van der Waals surface area contributed by atoms with Gasteiger partial charge in [0, 0.05) is 16.2 Å². The minimum absolute atomic E-state index is 0.174. The molecule has 1 aromatic carbocycles. The summed E-state index contributed by atoms with van der Waals surface area (Å²) in [6.07, 6.45) is 3.77. The van der Waals surface area contributed by atoms with Gasteiger partial charge in [-0.1, -0.05) is 22.0 Å². The van der Waals surface area contributed by atoms with Crippen molar-refractivity contribution in [3.8, 4) is 0 Å². The number of hydrogen-bond acceptors (Lipinski definition) is 3. The zero-order valence-electron chi connectivity index (χ0n) is 11.3. The van der Waals surface area contributed by atoms with Crippen LogP contribution < -0.4 is 16.0 Å². The number of carbonyl (C=O) groups is 1. The minimum Gasteiger partial charge on any atom is -0.340 e. The molecule has 0 spiro atoms. The van der Waals surface area contributed by atoms with Crippen LogP contribution >= 0.6 is 15.9 Å². The number of halogens is 1. The molecule has 1 aliphatic carbocycles. The van der Waals surface area contributed by atoms with Crippen LogP contribution in [0.3, 0.4) is 0 Å². The lowest BCUT2D eigenvalue weighted by atomic mass is 10.3. The molecule has 5 nitrogen and oxygen atoms in total. The summed E-state index contributed by atoms with van der Waals surface area (Å²) < 4.78 is 1.00. The molecule has 6 heteroatoms. The zero-order chi connectivity index (χ0) is 14.7. The lowest BCUT2D eigenvalue weighted by molar-refractivity contribution is 0.251. The Hall–Kier alpha value is -2.08. The lowest BCUT2D eigenvalue weighted by Gasteiger charge is -2.08. The van der Waals surface area contributed by atoms with E-state index in [1.54, 1.807) is 6.20 Å². The highest BCUT2D eigenvalue weighted by Gasteiger charge is 2.23. The van der Waals surface area contributed by atoms with Gasteiger partial charge in [0.25, 0.3) is 0 Å². The van der Waals surface area contributed by atoms with Crippen molar-refractivity contribution in [2.45, 2.75) is 18.9 Å². The maximum absolute atomic E-state index is 11.6. The average Bonchev–Trinajstić information content (AvgIpc) is 3.25. The molecule has 0 radical (unpaired) electrons. The fourth-order valence-corrected chi connectivity index (χ4v) is 2.24. The fraction of sp³-hybridized carbons (Fsp3) is 0.200. The van der Waals surface area contributed by atoms with Crippen molar-refractivity contribution in [1.29, 1.82) is 0 Å². The Kier molecular flexibility index (Phi) is 4.06. The van der Waals surface area contributed by atoms with Crippen LogP contribution in [0.4, 0.5) is 22.0 Å². The summed E-state index contributed by atoms with van der Waals surface area (Å²) in [4.78, 5) is 15.9. The number of amides is 2. The number of benzene rings is 1. The maximum Gasteiger partial charge on any atom is 0.319 e. The van der Waals surface area contributed by atoms with E-state index in [0.29, 0.717) is 11.7 Å². The Balaban J connectivity index is 1.59. The second-order valence-electron chi connectivity index (χ2n) is 4.94. The van der Waals surface area contributed by atoms with Crippen LogP contribution in [0, 0.1) is 0 Å². The summed E-state index contributed by atoms with van der Waals surface area (Å²) in [7, 11) is 0. The van der Waals surface area contributed by atoms with Crippen LogP contribution in [0.1, 0.15) is 12.8 Å². The van der Waals surface area contributed by atoms with Crippen molar-refractivity contribution in [2.24, 2.45) is 0 Å². The molecule has 1 saturated carbocycles. The van der Waals surface area contributed by atoms with E-state index in [-0.39, 0.29) is 6.03 Å². The molecule has 108 valence electrons. The molecule has 1 aromatic heterocycles. The highest BCUT2D eigenvalue weighted by Crippen LogP contribution is 2.21. The van der Waals surface area contributed by atoms with Crippen molar-refractivity contribution >= 4 is 39.2 Å². The maximum atomic E-state index is 11.6. The van der Waals surface area contributed by atoms with Crippen LogP contribution in [-0.2, 0) is 0 Å². The first-order valence-corrected chi connectivity index (χ1v) is 7.54. The largest absolute Gasteiger partial charge is 0.340 e. The highest BCUT2D eigenvalue weighted by atomic mass is 79.9. The van der Waals surface area contributed by atoms with Gasteiger partial charge < -0.3 is 16.0 Å². The van der Waals surface area contributed by atoms with Crippen molar-refractivity contribution in [3.63, 3.8) is 0 Å². The third-order valence-corrected chi connectivity index (χ3v) is 3.52. The normalized spacial score (nSPS) is 13.6. The molecule has 0 bridgehead atoms. The summed E-state index contributed by atoms with van der Waals surface area (Å²) in [5, 5.41) is 8.83. The summed E-state index contributed by atoms with van der Waals surface area (Å²) in [6.45, 7) is 0. The van der Waals surface area contributed by atoms with Gasteiger partial charge in [-0.15, -0.1) is 0 Å².